The lowest BCUT2D eigenvalue weighted by atomic mass is 10.2. The Labute approximate surface area is 152 Å². The Morgan fingerprint density at radius 3 is 2.85 bits per heavy atom. The third-order valence-corrected chi connectivity index (χ3v) is 4.45. The molecule has 0 bridgehead atoms. The molecule has 1 atom stereocenters. The monoisotopic (exact) mass is 385 g/mol. The molecule has 1 aromatic heterocycles. The van der Waals surface area contributed by atoms with Gasteiger partial charge in [0.2, 0.25) is 11.8 Å². The van der Waals surface area contributed by atoms with Crippen LogP contribution in [-0.4, -0.2) is 59.2 Å². The number of nitrogens with zero attached hydrogens (tertiary/aromatic N) is 3. The van der Waals surface area contributed by atoms with E-state index in [1.807, 2.05) is 6.92 Å². The molecule has 0 radical (unpaired) electrons. The van der Waals surface area contributed by atoms with Gasteiger partial charge in [-0.25, -0.2) is 0 Å². The van der Waals surface area contributed by atoms with Crippen molar-refractivity contribution in [1.29, 1.82) is 0 Å². The fourth-order valence-electron chi connectivity index (χ4n) is 2.42. The predicted molar refractivity (Wildman–Crippen MR) is 89.1 cm³/mol. The van der Waals surface area contributed by atoms with Gasteiger partial charge in [0, 0.05) is 18.7 Å². The van der Waals surface area contributed by atoms with E-state index in [-0.39, 0.29) is 34.6 Å². The SMILES string of the molecule is CC1CN(C(=O)CSc2nnc(-c3ccc(OC(F)F)cc3)o2)CCO1. The van der Waals surface area contributed by atoms with Crippen LogP contribution in [0.1, 0.15) is 6.92 Å². The van der Waals surface area contributed by atoms with Crippen LogP contribution in [-0.2, 0) is 9.53 Å². The van der Waals surface area contributed by atoms with Gasteiger partial charge in [-0.2, -0.15) is 8.78 Å². The van der Waals surface area contributed by atoms with Crippen LogP contribution in [0.2, 0.25) is 0 Å². The van der Waals surface area contributed by atoms with Crippen LogP contribution in [0.3, 0.4) is 0 Å². The van der Waals surface area contributed by atoms with Gasteiger partial charge in [0.05, 0.1) is 18.5 Å². The number of amides is 1. The predicted octanol–water partition coefficient (Wildman–Crippen LogP) is 2.68. The zero-order chi connectivity index (χ0) is 18.5. The molecular weight excluding hydrogens is 368 g/mol. The lowest BCUT2D eigenvalue weighted by Crippen LogP contribution is -2.45. The number of aromatic nitrogens is 2. The highest BCUT2D eigenvalue weighted by molar-refractivity contribution is 7.99. The number of hydrogen-bond acceptors (Lipinski definition) is 7. The van der Waals surface area contributed by atoms with Crippen molar-refractivity contribution >= 4 is 17.7 Å². The molecule has 1 aliphatic heterocycles. The molecule has 0 saturated carbocycles. The number of ether oxygens (including phenoxy) is 2. The van der Waals surface area contributed by atoms with E-state index in [0.717, 1.165) is 11.8 Å². The van der Waals surface area contributed by atoms with E-state index in [4.69, 9.17) is 9.15 Å². The second kappa shape index (κ2) is 8.45. The molecule has 0 N–H and O–H groups in total. The van der Waals surface area contributed by atoms with Crippen molar-refractivity contribution in [3.8, 4) is 17.2 Å². The molecule has 1 amide bonds. The van der Waals surface area contributed by atoms with E-state index in [0.29, 0.717) is 25.3 Å². The Bertz CT molecular complexity index is 741. The minimum Gasteiger partial charge on any atom is -0.435 e. The molecular formula is C16H17F2N3O4S. The molecule has 1 unspecified atom stereocenters. The standard InChI is InChI=1S/C16H17F2N3O4S/c1-10-8-21(6-7-23-10)13(22)9-26-16-20-19-14(25-16)11-2-4-12(5-3-11)24-15(17)18/h2-5,10,15H,6-9H2,1H3. The third kappa shape index (κ3) is 4.92. The summed E-state index contributed by atoms with van der Waals surface area (Å²) in [7, 11) is 0. The van der Waals surface area contributed by atoms with Gasteiger partial charge in [0.15, 0.2) is 0 Å². The maximum atomic E-state index is 12.2. The van der Waals surface area contributed by atoms with Crippen LogP contribution in [0.15, 0.2) is 33.9 Å². The van der Waals surface area contributed by atoms with Gasteiger partial charge in [-0.1, -0.05) is 11.8 Å². The van der Waals surface area contributed by atoms with Gasteiger partial charge >= 0.3 is 6.61 Å². The van der Waals surface area contributed by atoms with Crippen LogP contribution in [0.5, 0.6) is 5.75 Å². The molecule has 140 valence electrons. The Morgan fingerprint density at radius 2 is 2.15 bits per heavy atom. The number of alkyl halides is 2. The minimum absolute atomic E-state index is 0.0154. The summed E-state index contributed by atoms with van der Waals surface area (Å²) in [4.78, 5) is 14.0. The molecule has 1 fully saturated rings. The van der Waals surface area contributed by atoms with E-state index in [2.05, 4.69) is 14.9 Å². The summed E-state index contributed by atoms with van der Waals surface area (Å²) >= 11 is 1.15. The van der Waals surface area contributed by atoms with E-state index in [1.54, 1.807) is 17.0 Å². The highest BCUT2D eigenvalue weighted by atomic mass is 32.2. The molecule has 7 nitrogen and oxygen atoms in total. The molecule has 0 spiro atoms. The Hall–Kier alpha value is -2.20. The number of carbonyl (C=O) groups excluding carboxylic acids is 1. The lowest BCUT2D eigenvalue weighted by molar-refractivity contribution is -0.135. The van der Waals surface area contributed by atoms with Gasteiger partial charge in [-0.05, 0) is 31.2 Å². The smallest absolute Gasteiger partial charge is 0.387 e. The number of halogens is 2. The molecule has 1 aliphatic rings. The zero-order valence-electron chi connectivity index (χ0n) is 13.9. The quantitative estimate of drug-likeness (QED) is 0.708. The fraction of sp³-hybridized carbons (Fsp3) is 0.438. The largest absolute Gasteiger partial charge is 0.435 e. The topological polar surface area (TPSA) is 77.7 Å². The normalized spacial score (nSPS) is 17.5. The Kier molecular flexibility index (Phi) is 6.04. The highest BCUT2D eigenvalue weighted by Gasteiger charge is 2.22. The number of thioether (sulfide) groups is 1. The molecule has 0 aliphatic carbocycles. The number of benzene rings is 1. The van der Waals surface area contributed by atoms with Crippen molar-refractivity contribution in [3.63, 3.8) is 0 Å². The summed E-state index contributed by atoms with van der Waals surface area (Å²) in [5, 5.41) is 8.07. The summed E-state index contributed by atoms with van der Waals surface area (Å²) < 4.78 is 39.5. The second-order valence-corrected chi connectivity index (χ2v) is 6.51. The fourth-order valence-corrected chi connectivity index (χ4v) is 3.09. The third-order valence-electron chi connectivity index (χ3n) is 3.65. The van der Waals surface area contributed by atoms with Crippen LogP contribution >= 0.6 is 11.8 Å². The first-order chi connectivity index (χ1) is 12.5. The molecule has 26 heavy (non-hydrogen) atoms. The van der Waals surface area contributed by atoms with Crippen LogP contribution < -0.4 is 4.74 Å². The lowest BCUT2D eigenvalue weighted by Gasteiger charge is -2.30. The van der Waals surface area contributed by atoms with Crippen LogP contribution in [0.4, 0.5) is 8.78 Å². The molecule has 1 saturated heterocycles. The van der Waals surface area contributed by atoms with Crippen LogP contribution in [0.25, 0.3) is 11.5 Å². The molecule has 1 aromatic carbocycles. The van der Waals surface area contributed by atoms with Gasteiger partial charge in [-0.3, -0.25) is 4.79 Å². The average molecular weight is 385 g/mol. The van der Waals surface area contributed by atoms with Crippen molar-refractivity contribution in [2.45, 2.75) is 24.9 Å². The summed E-state index contributed by atoms with van der Waals surface area (Å²) in [6.45, 7) is 0.731. The molecule has 2 aromatic rings. The minimum atomic E-state index is -2.88. The number of carbonyl (C=O) groups is 1. The van der Waals surface area contributed by atoms with Crippen molar-refractivity contribution in [3.05, 3.63) is 24.3 Å². The molecule has 3 rings (SSSR count). The van der Waals surface area contributed by atoms with E-state index in [9.17, 15) is 13.6 Å². The highest BCUT2D eigenvalue weighted by Crippen LogP contribution is 2.25. The van der Waals surface area contributed by atoms with E-state index < -0.39 is 6.61 Å². The van der Waals surface area contributed by atoms with E-state index >= 15 is 0 Å². The summed E-state index contributed by atoms with van der Waals surface area (Å²) in [5.74, 6) is 0.459. The first-order valence-corrected chi connectivity index (χ1v) is 8.91. The summed E-state index contributed by atoms with van der Waals surface area (Å²) in [6.07, 6.45) is 0.0322. The summed E-state index contributed by atoms with van der Waals surface area (Å²) in [6, 6.07) is 5.86. The average Bonchev–Trinajstić information content (AvgIpc) is 3.09. The van der Waals surface area contributed by atoms with Gasteiger partial charge in [0.1, 0.15) is 5.75 Å². The van der Waals surface area contributed by atoms with Gasteiger partial charge in [0.25, 0.3) is 5.22 Å². The number of morpholine rings is 1. The van der Waals surface area contributed by atoms with E-state index in [1.165, 1.54) is 12.1 Å². The Morgan fingerprint density at radius 1 is 1.38 bits per heavy atom. The zero-order valence-corrected chi connectivity index (χ0v) is 14.7. The van der Waals surface area contributed by atoms with Crippen molar-refractivity contribution in [2.24, 2.45) is 0 Å². The first-order valence-electron chi connectivity index (χ1n) is 7.92. The van der Waals surface area contributed by atoms with Crippen molar-refractivity contribution in [1.82, 2.24) is 15.1 Å². The molecule has 10 heteroatoms. The van der Waals surface area contributed by atoms with Crippen LogP contribution in [0, 0.1) is 0 Å². The summed E-state index contributed by atoms with van der Waals surface area (Å²) in [5.41, 5.74) is 0.569. The Balaban J connectivity index is 1.55. The van der Waals surface area contributed by atoms with Gasteiger partial charge in [-0.15, -0.1) is 10.2 Å². The first kappa shape index (κ1) is 18.6. The number of rotatable bonds is 6. The van der Waals surface area contributed by atoms with Crippen molar-refractivity contribution in [2.75, 3.05) is 25.4 Å². The van der Waals surface area contributed by atoms with Gasteiger partial charge < -0.3 is 18.8 Å². The maximum Gasteiger partial charge on any atom is 0.387 e. The second-order valence-electron chi connectivity index (χ2n) is 5.59. The maximum absolute atomic E-state index is 12.2. The molecule has 2 heterocycles. The number of hydrogen-bond donors (Lipinski definition) is 0. The van der Waals surface area contributed by atoms with Crippen molar-refractivity contribution < 1.29 is 27.5 Å².